The van der Waals surface area contributed by atoms with E-state index in [0.29, 0.717) is 18.9 Å². The maximum atomic E-state index is 11.9. The molecule has 122 valence electrons. The van der Waals surface area contributed by atoms with Crippen molar-refractivity contribution in [3.63, 3.8) is 0 Å². The van der Waals surface area contributed by atoms with Crippen LogP contribution in [0.5, 0.6) is 5.75 Å². The SMILES string of the molecule is CCOc1ccc(SCC(=O)NCC(N)c2ccccc2)cc1. The number of benzene rings is 2. The molecule has 0 spiro atoms. The Balaban J connectivity index is 1.72. The van der Waals surface area contributed by atoms with Gasteiger partial charge in [0.2, 0.25) is 5.91 Å². The van der Waals surface area contributed by atoms with E-state index < -0.39 is 0 Å². The van der Waals surface area contributed by atoms with E-state index in [9.17, 15) is 4.79 Å². The summed E-state index contributed by atoms with van der Waals surface area (Å²) in [5.41, 5.74) is 7.08. The number of ether oxygens (including phenoxy) is 1. The van der Waals surface area contributed by atoms with Crippen molar-refractivity contribution in [1.29, 1.82) is 0 Å². The summed E-state index contributed by atoms with van der Waals surface area (Å²) in [7, 11) is 0. The van der Waals surface area contributed by atoms with Gasteiger partial charge >= 0.3 is 0 Å². The molecule has 3 N–H and O–H groups in total. The summed E-state index contributed by atoms with van der Waals surface area (Å²) in [5.74, 6) is 1.19. The minimum Gasteiger partial charge on any atom is -0.494 e. The highest BCUT2D eigenvalue weighted by molar-refractivity contribution is 8.00. The van der Waals surface area contributed by atoms with Gasteiger partial charge in [-0.15, -0.1) is 11.8 Å². The fourth-order valence-electron chi connectivity index (χ4n) is 2.04. The standard InChI is InChI=1S/C18H22N2O2S/c1-2-22-15-8-10-16(11-9-15)23-13-18(21)20-12-17(19)14-6-4-3-5-7-14/h3-11,17H,2,12-13,19H2,1H3,(H,20,21). The molecule has 0 bridgehead atoms. The van der Waals surface area contributed by atoms with Crippen molar-refractivity contribution < 1.29 is 9.53 Å². The molecule has 0 aromatic heterocycles. The molecule has 2 rings (SSSR count). The van der Waals surface area contributed by atoms with Gasteiger partial charge in [0.05, 0.1) is 12.4 Å². The molecule has 0 saturated carbocycles. The van der Waals surface area contributed by atoms with Crippen LogP contribution in [0.25, 0.3) is 0 Å². The average Bonchev–Trinajstić information content (AvgIpc) is 2.60. The number of carbonyl (C=O) groups excluding carboxylic acids is 1. The van der Waals surface area contributed by atoms with Crippen LogP contribution in [0.3, 0.4) is 0 Å². The Morgan fingerprint density at radius 1 is 1.17 bits per heavy atom. The monoisotopic (exact) mass is 330 g/mol. The second-order valence-electron chi connectivity index (χ2n) is 5.01. The Bertz CT molecular complexity index is 602. The van der Waals surface area contributed by atoms with Crippen molar-refractivity contribution in [2.75, 3.05) is 18.9 Å². The van der Waals surface area contributed by atoms with Crippen molar-refractivity contribution in [2.24, 2.45) is 5.73 Å². The zero-order valence-corrected chi connectivity index (χ0v) is 14.0. The Hall–Kier alpha value is -1.98. The first-order valence-electron chi connectivity index (χ1n) is 7.62. The molecule has 23 heavy (non-hydrogen) atoms. The lowest BCUT2D eigenvalue weighted by molar-refractivity contribution is -0.118. The van der Waals surface area contributed by atoms with Gasteiger partial charge in [-0.25, -0.2) is 0 Å². The maximum Gasteiger partial charge on any atom is 0.230 e. The predicted octanol–water partition coefficient (Wildman–Crippen LogP) is 2.99. The summed E-state index contributed by atoms with van der Waals surface area (Å²) >= 11 is 1.49. The average molecular weight is 330 g/mol. The lowest BCUT2D eigenvalue weighted by atomic mass is 10.1. The Labute approximate surface area is 141 Å². The molecule has 2 aromatic carbocycles. The molecule has 0 aliphatic heterocycles. The third-order valence-corrected chi connectivity index (χ3v) is 4.26. The molecule has 0 heterocycles. The highest BCUT2D eigenvalue weighted by atomic mass is 32.2. The van der Waals surface area contributed by atoms with Gasteiger partial charge in [0, 0.05) is 17.5 Å². The lowest BCUT2D eigenvalue weighted by Crippen LogP contribution is -2.32. The zero-order valence-electron chi connectivity index (χ0n) is 13.2. The third kappa shape index (κ3) is 5.96. The van der Waals surface area contributed by atoms with E-state index in [-0.39, 0.29) is 11.9 Å². The predicted molar refractivity (Wildman–Crippen MR) is 94.7 cm³/mol. The van der Waals surface area contributed by atoms with Crippen LogP contribution in [-0.2, 0) is 4.79 Å². The highest BCUT2D eigenvalue weighted by Gasteiger charge is 2.08. The Kier molecular flexibility index (Phi) is 6.97. The van der Waals surface area contributed by atoms with Crippen LogP contribution in [-0.4, -0.2) is 24.8 Å². The first kappa shape index (κ1) is 17.4. The largest absolute Gasteiger partial charge is 0.494 e. The first-order chi connectivity index (χ1) is 11.2. The van der Waals surface area contributed by atoms with Gasteiger partial charge in [-0.05, 0) is 36.8 Å². The molecule has 0 aliphatic rings. The molecule has 4 nitrogen and oxygen atoms in total. The molecule has 0 radical (unpaired) electrons. The fraction of sp³-hybridized carbons (Fsp3) is 0.278. The molecule has 2 aromatic rings. The Morgan fingerprint density at radius 3 is 2.52 bits per heavy atom. The van der Waals surface area contributed by atoms with Crippen molar-refractivity contribution in [3.05, 3.63) is 60.2 Å². The van der Waals surface area contributed by atoms with Crippen molar-refractivity contribution in [1.82, 2.24) is 5.32 Å². The summed E-state index contributed by atoms with van der Waals surface area (Å²) in [4.78, 5) is 12.9. The number of nitrogens with one attached hydrogen (secondary N) is 1. The van der Waals surface area contributed by atoms with Gasteiger partial charge in [0.1, 0.15) is 5.75 Å². The molecule has 1 atom stereocenters. The van der Waals surface area contributed by atoms with Crippen molar-refractivity contribution >= 4 is 17.7 Å². The topological polar surface area (TPSA) is 64.3 Å². The number of hydrogen-bond donors (Lipinski definition) is 2. The smallest absolute Gasteiger partial charge is 0.230 e. The Morgan fingerprint density at radius 2 is 1.87 bits per heavy atom. The van der Waals surface area contributed by atoms with E-state index in [1.54, 1.807) is 0 Å². The summed E-state index contributed by atoms with van der Waals surface area (Å²) in [5, 5.41) is 2.87. The van der Waals surface area contributed by atoms with Gasteiger partial charge in [0.15, 0.2) is 0 Å². The van der Waals surface area contributed by atoms with Crippen molar-refractivity contribution in [3.8, 4) is 5.75 Å². The summed E-state index contributed by atoms with van der Waals surface area (Å²) < 4.78 is 5.39. The van der Waals surface area contributed by atoms with Gasteiger partial charge < -0.3 is 15.8 Å². The molecule has 5 heteroatoms. The van der Waals surface area contributed by atoms with E-state index >= 15 is 0 Å². The number of rotatable bonds is 8. The van der Waals surface area contributed by atoms with Crippen molar-refractivity contribution in [2.45, 2.75) is 17.9 Å². The lowest BCUT2D eigenvalue weighted by Gasteiger charge is -2.13. The summed E-state index contributed by atoms with van der Waals surface area (Å²) in [6, 6.07) is 17.3. The van der Waals surface area contributed by atoms with Gasteiger partial charge in [-0.1, -0.05) is 30.3 Å². The van der Waals surface area contributed by atoms with Crippen LogP contribution in [0.1, 0.15) is 18.5 Å². The van der Waals surface area contributed by atoms with E-state index in [1.165, 1.54) is 11.8 Å². The summed E-state index contributed by atoms with van der Waals surface area (Å²) in [6.45, 7) is 3.04. The van der Waals surface area contributed by atoms with Crippen LogP contribution < -0.4 is 15.8 Å². The number of amides is 1. The highest BCUT2D eigenvalue weighted by Crippen LogP contribution is 2.21. The van der Waals surface area contributed by atoms with Gasteiger partial charge in [-0.3, -0.25) is 4.79 Å². The van der Waals surface area contributed by atoms with Crippen LogP contribution in [0.2, 0.25) is 0 Å². The third-order valence-electron chi connectivity index (χ3n) is 3.25. The number of carbonyl (C=O) groups is 1. The first-order valence-corrected chi connectivity index (χ1v) is 8.60. The number of nitrogens with two attached hydrogens (primary N) is 1. The van der Waals surface area contributed by atoms with E-state index in [4.69, 9.17) is 10.5 Å². The quantitative estimate of drug-likeness (QED) is 0.730. The molecule has 1 unspecified atom stereocenters. The van der Waals surface area contributed by atoms with E-state index in [2.05, 4.69) is 5.32 Å². The summed E-state index contributed by atoms with van der Waals surface area (Å²) in [6.07, 6.45) is 0. The maximum absolute atomic E-state index is 11.9. The molecular weight excluding hydrogens is 308 g/mol. The zero-order chi connectivity index (χ0) is 16.5. The normalized spacial score (nSPS) is 11.7. The second kappa shape index (κ2) is 9.22. The van der Waals surface area contributed by atoms with Crippen LogP contribution >= 0.6 is 11.8 Å². The van der Waals surface area contributed by atoms with Gasteiger partial charge in [-0.2, -0.15) is 0 Å². The van der Waals surface area contributed by atoms with E-state index in [0.717, 1.165) is 16.2 Å². The minimum absolute atomic E-state index is 0.0183. The molecule has 0 fully saturated rings. The van der Waals surface area contributed by atoms with Crippen LogP contribution in [0, 0.1) is 0 Å². The van der Waals surface area contributed by atoms with Crippen LogP contribution in [0.4, 0.5) is 0 Å². The van der Waals surface area contributed by atoms with Gasteiger partial charge in [0.25, 0.3) is 0 Å². The minimum atomic E-state index is -0.185. The van der Waals surface area contributed by atoms with Crippen LogP contribution in [0.15, 0.2) is 59.5 Å². The fourth-order valence-corrected chi connectivity index (χ4v) is 2.77. The molecular formula is C18H22N2O2S. The molecule has 0 saturated heterocycles. The molecule has 1 amide bonds. The number of hydrogen-bond acceptors (Lipinski definition) is 4. The molecule has 0 aliphatic carbocycles. The van der Waals surface area contributed by atoms with E-state index in [1.807, 2.05) is 61.5 Å². The second-order valence-corrected chi connectivity index (χ2v) is 6.06. The number of thioether (sulfide) groups is 1.